The third kappa shape index (κ3) is 2.29. The smallest absolute Gasteiger partial charge is 0.200 e. The van der Waals surface area contributed by atoms with Crippen molar-refractivity contribution in [3.8, 4) is 17.7 Å². The molecule has 3 aromatic heterocycles. The number of nitriles is 1. The molecular weight excluding hydrogens is 274 g/mol. The van der Waals surface area contributed by atoms with E-state index < -0.39 is 0 Å². The summed E-state index contributed by atoms with van der Waals surface area (Å²) in [5.74, 6) is 1.31. The predicted molar refractivity (Wildman–Crippen MR) is 71.8 cm³/mol. The number of hydrogen-bond donors (Lipinski definition) is 0. The molecule has 3 rings (SSSR count). The van der Waals surface area contributed by atoms with Crippen LogP contribution in [0, 0.1) is 11.3 Å². The first-order valence-electron chi connectivity index (χ1n) is 5.76. The molecule has 0 aliphatic heterocycles. The molecule has 0 saturated heterocycles. The number of furan rings is 1. The lowest BCUT2D eigenvalue weighted by molar-refractivity contribution is 0.572. The molecule has 3 aromatic rings. The third-order valence-electron chi connectivity index (χ3n) is 2.61. The Bertz CT molecular complexity index is 772. The molecule has 6 nitrogen and oxygen atoms in total. The van der Waals surface area contributed by atoms with Crippen LogP contribution in [0.3, 0.4) is 0 Å². The molecule has 0 radical (unpaired) electrons. The average molecular weight is 283 g/mol. The predicted octanol–water partition coefficient (Wildman–Crippen LogP) is 2.49. The lowest BCUT2D eigenvalue weighted by Gasteiger charge is -2.01. The number of nitrogens with zero attached hydrogens (tertiary/aromatic N) is 5. The molecule has 98 valence electrons. The third-order valence-corrected chi connectivity index (χ3v) is 3.59. The van der Waals surface area contributed by atoms with Crippen LogP contribution in [0.4, 0.5) is 0 Å². The lowest BCUT2D eigenvalue weighted by Crippen LogP contribution is -1.94. The average Bonchev–Trinajstić information content (AvgIpc) is 3.10. The van der Waals surface area contributed by atoms with Crippen LogP contribution >= 0.6 is 11.8 Å². The topological polar surface area (TPSA) is 80.5 Å². The van der Waals surface area contributed by atoms with Crippen molar-refractivity contribution in [2.24, 2.45) is 7.05 Å². The first-order valence-corrected chi connectivity index (χ1v) is 6.58. The van der Waals surface area contributed by atoms with Crippen LogP contribution in [0.15, 0.2) is 51.2 Å². The molecule has 0 aliphatic rings. The summed E-state index contributed by atoms with van der Waals surface area (Å²) in [6.07, 6.45) is 1.59. The van der Waals surface area contributed by atoms with Crippen LogP contribution in [-0.4, -0.2) is 19.7 Å². The van der Waals surface area contributed by atoms with E-state index in [-0.39, 0.29) is 0 Å². The fourth-order valence-corrected chi connectivity index (χ4v) is 2.43. The van der Waals surface area contributed by atoms with Crippen LogP contribution in [0.2, 0.25) is 0 Å². The Hall–Kier alpha value is -2.59. The summed E-state index contributed by atoms with van der Waals surface area (Å²) < 4.78 is 7.13. The van der Waals surface area contributed by atoms with E-state index in [1.165, 1.54) is 11.8 Å². The molecule has 3 heterocycles. The summed E-state index contributed by atoms with van der Waals surface area (Å²) in [6.45, 7) is 0. The molecule has 0 aliphatic carbocycles. The monoisotopic (exact) mass is 283 g/mol. The molecule has 0 atom stereocenters. The Balaban J connectivity index is 1.90. The van der Waals surface area contributed by atoms with E-state index in [9.17, 15) is 0 Å². The molecule has 0 aromatic carbocycles. The zero-order valence-electron chi connectivity index (χ0n) is 10.5. The van der Waals surface area contributed by atoms with Gasteiger partial charge in [-0.1, -0.05) is 6.07 Å². The van der Waals surface area contributed by atoms with E-state index >= 15 is 0 Å². The molecule has 0 unspecified atom stereocenters. The second-order valence-corrected chi connectivity index (χ2v) is 4.90. The van der Waals surface area contributed by atoms with Gasteiger partial charge in [0.1, 0.15) is 16.8 Å². The summed E-state index contributed by atoms with van der Waals surface area (Å²) >= 11 is 1.35. The summed E-state index contributed by atoms with van der Waals surface area (Å²) in [7, 11) is 1.86. The number of pyridine rings is 1. The molecule has 0 fully saturated rings. The van der Waals surface area contributed by atoms with Crippen LogP contribution < -0.4 is 0 Å². The summed E-state index contributed by atoms with van der Waals surface area (Å²) in [4.78, 5) is 4.20. The van der Waals surface area contributed by atoms with Gasteiger partial charge in [-0.2, -0.15) is 5.26 Å². The standard InChI is InChI=1S/C13H9N5OS/c1-18-12(10-5-3-7-19-10)16-17-13(18)20-11-6-2-4-9(8-14)15-11/h2-7H,1H3. The molecule has 0 N–H and O–H groups in total. The highest BCUT2D eigenvalue weighted by Gasteiger charge is 2.14. The van der Waals surface area contributed by atoms with Gasteiger partial charge in [0.25, 0.3) is 0 Å². The second kappa shape index (κ2) is 5.19. The van der Waals surface area contributed by atoms with E-state index in [0.717, 1.165) is 0 Å². The summed E-state index contributed by atoms with van der Waals surface area (Å²) in [5, 5.41) is 18.4. The van der Waals surface area contributed by atoms with Crippen LogP contribution in [-0.2, 0) is 7.05 Å². The van der Waals surface area contributed by atoms with Gasteiger partial charge in [0.05, 0.1) is 6.26 Å². The molecule has 0 bridgehead atoms. The molecule has 7 heteroatoms. The zero-order valence-corrected chi connectivity index (χ0v) is 11.3. The molecule has 20 heavy (non-hydrogen) atoms. The Morgan fingerprint density at radius 3 is 2.90 bits per heavy atom. The largest absolute Gasteiger partial charge is 0.461 e. The van der Waals surface area contributed by atoms with Crippen LogP contribution in [0.5, 0.6) is 0 Å². The SMILES string of the molecule is Cn1c(Sc2cccc(C#N)n2)nnc1-c1ccco1. The number of rotatable bonds is 3. The minimum atomic E-state index is 0.378. The fraction of sp³-hybridized carbons (Fsp3) is 0.0769. The molecule has 0 saturated carbocycles. The minimum Gasteiger partial charge on any atom is -0.461 e. The van der Waals surface area contributed by atoms with Crippen molar-refractivity contribution in [3.63, 3.8) is 0 Å². The normalized spacial score (nSPS) is 10.4. The highest BCUT2D eigenvalue weighted by molar-refractivity contribution is 7.99. The highest BCUT2D eigenvalue weighted by Crippen LogP contribution is 2.27. The second-order valence-electron chi connectivity index (χ2n) is 3.92. The van der Waals surface area contributed by atoms with Gasteiger partial charge in [0.15, 0.2) is 16.7 Å². The van der Waals surface area contributed by atoms with E-state index in [1.807, 2.05) is 29.8 Å². The number of hydrogen-bond acceptors (Lipinski definition) is 6. The van der Waals surface area contributed by atoms with Crippen molar-refractivity contribution < 1.29 is 4.42 Å². The van der Waals surface area contributed by atoms with Crippen molar-refractivity contribution in [1.82, 2.24) is 19.7 Å². The Morgan fingerprint density at radius 1 is 1.25 bits per heavy atom. The quantitative estimate of drug-likeness (QED) is 0.734. The summed E-state index contributed by atoms with van der Waals surface area (Å²) in [6, 6.07) is 10.9. The van der Waals surface area contributed by atoms with Crippen LogP contribution in [0.25, 0.3) is 11.6 Å². The van der Waals surface area contributed by atoms with Gasteiger partial charge in [-0.3, -0.25) is 0 Å². The van der Waals surface area contributed by atoms with Crippen molar-refractivity contribution in [2.45, 2.75) is 10.2 Å². The van der Waals surface area contributed by atoms with Crippen molar-refractivity contribution in [3.05, 3.63) is 42.3 Å². The maximum absolute atomic E-state index is 8.84. The first-order chi connectivity index (χ1) is 9.78. The van der Waals surface area contributed by atoms with Gasteiger partial charge in [0, 0.05) is 7.05 Å². The van der Waals surface area contributed by atoms with Gasteiger partial charge in [0.2, 0.25) is 0 Å². The van der Waals surface area contributed by atoms with E-state index in [0.29, 0.717) is 27.5 Å². The first kappa shape index (κ1) is 12.4. The van der Waals surface area contributed by atoms with E-state index in [1.54, 1.807) is 24.5 Å². The van der Waals surface area contributed by atoms with Gasteiger partial charge >= 0.3 is 0 Å². The minimum absolute atomic E-state index is 0.378. The summed E-state index contributed by atoms with van der Waals surface area (Å²) in [5.41, 5.74) is 0.378. The zero-order chi connectivity index (χ0) is 13.9. The van der Waals surface area contributed by atoms with Gasteiger partial charge in [-0.05, 0) is 36.0 Å². The molecule has 0 amide bonds. The van der Waals surface area contributed by atoms with Gasteiger partial charge in [-0.15, -0.1) is 10.2 Å². The Labute approximate surface area is 119 Å². The highest BCUT2D eigenvalue weighted by atomic mass is 32.2. The molecule has 0 spiro atoms. The Kier molecular flexibility index (Phi) is 3.23. The fourth-order valence-electron chi connectivity index (χ4n) is 1.65. The van der Waals surface area contributed by atoms with Gasteiger partial charge in [-0.25, -0.2) is 4.98 Å². The van der Waals surface area contributed by atoms with Crippen molar-refractivity contribution in [1.29, 1.82) is 5.26 Å². The van der Waals surface area contributed by atoms with Crippen molar-refractivity contribution >= 4 is 11.8 Å². The van der Waals surface area contributed by atoms with Gasteiger partial charge < -0.3 is 8.98 Å². The van der Waals surface area contributed by atoms with E-state index in [4.69, 9.17) is 9.68 Å². The van der Waals surface area contributed by atoms with Crippen LogP contribution in [0.1, 0.15) is 5.69 Å². The van der Waals surface area contributed by atoms with Crippen molar-refractivity contribution in [2.75, 3.05) is 0 Å². The molecular formula is C13H9N5OS. The van der Waals surface area contributed by atoms with E-state index in [2.05, 4.69) is 15.2 Å². The maximum Gasteiger partial charge on any atom is 0.200 e. The number of aromatic nitrogens is 4. The lowest BCUT2D eigenvalue weighted by atomic mass is 10.4. The maximum atomic E-state index is 8.84. The Morgan fingerprint density at radius 2 is 2.15 bits per heavy atom.